The molecule has 0 atom stereocenters. The normalized spacial score (nSPS) is 17.2. The van der Waals surface area contributed by atoms with Crippen molar-refractivity contribution in [1.29, 1.82) is 0 Å². The van der Waals surface area contributed by atoms with E-state index in [0.29, 0.717) is 6.54 Å². The Bertz CT molecular complexity index is 626. The summed E-state index contributed by atoms with van der Waals surface area (Å²) in [4.78, 5) is 12.3. The highest BCUT2D eigenvalue weighted by Crippen LogP contribution is 2.26. The number of carbonyl (C=O) groups excluding carboxylic acids is 1. The molecule has 1 aromatic heterocycles. The molecular weight excluding hydrogens is 240 g/mol. The lowest BCUT2D eigenvalue weighted by atomic mass is 9.88. The van der Waals surface area contributed by atoms with Crippen molar-refractivity contribution in [1.82, 2.24) is 9.88 Å². The number of hydrogen-bond donors (Lipinski definition) is 1. The monoisotopic (exact) mass is 258 g/mol. The second-order valence-electron chi connectivity index (χ2n) is 5.66. The van der Waals surface area contributed by atoms with Crippen molar-refractivity contribution in [3.05, 3.63) is 36.0 Å². The maximum Gasteiger partial charge on any atom is 0.253 e. The van der Waals surface area contributed by atoms with Gasteiger partial charge < -0.3 is 14.6 Å². The first-order valence-corrected chi connectivity index (χ1v) is 6.49. The van der Waals surface area contributed by atoms with E-state index in [-0.39, 0.29) is 11.3 Å². The van der Waals surface area contributed by atoms with Crippen LogP contribution in [-0.4, -0.2) is 30.2 Å². The molecule has 1 aromatic carbocycles. The number of carbonyl (C=O) groups is 1. The largest absolute Gasteiger partial charge is 0.380 e. The SMILES string of the molecule is Cn1cc(C(=O)NCC2(C)COC2)c2ccccc21. The molecule has 0 bridgehead atoms. The number of amides is 1. The number of rotatable bonds is 3. The van der Waals surface area contributed by atoms with Gasteiger partial charge in [0.25, 0.3) is 5.91 Å². The van der Waals surface area contributed by atoms with E-state index in [1.807, 2.05) is 42.1 Å². The van der Waals surface area contributed by atoms with Gasteiger partial charge in [0, 0.05) is 36.1 Å². The molecule has 1 N–H and O–H groups in total. The number of nitrogens with zero attached hydrogens (tertiary/aromatic N) is 1. The Morgan fingerprint density at radius 3 is 2.84 bits per heavy atom. The van der Waals surface area contributed by atoms with Crippen molar-refractivity contribution >= 4 is 16.8 Å². The Morgan fingerprint density at radius 1 is 1.42 bits per heavy atom. The first-order valence-electron chi connectivity index (χ1n) is 6.49. The molecule has 1 saturated heterocycles. The number of fused-ring (bicyclic) bond motifs is 1. The van der Waals surface area contributed by atoms with Gasteiger partial charge in [-0.3, -0.25) is 4.79 Å². The van der Waals surface area contributed by atoms with Gasteiger partial charge in [-0.25, -0.2) is 0 Å². The summed E-state index contributed by atoms with van der Waals surface area (Å²) in [7, 11) is 1.96. The van der Waals surface area contributed by atoms with Crippen LogP contribution in [0.2, 0.25) is 0 Å². The third kappa shape index (κ3) is 2.12. The van der Waals surface area contributed by atoms with Crippen molar-refractivity contribution < 1.29 is 9.53 Å². The first-order chi connectivity index (χ1) is 9.09. The Labute approximate surface area is 112 Å². The smallest absolute Gasteiger partial charge is 0.253 e. The molecule has 1 aliphatic heterocycles. The lowest BCUT2D eigenvalue weighted by Crippen LogP contribution is -2.48. The van der Waals surface area contributed by atoms with E-state index in [4.69, 9.17) is 4.74 Å². The molecule has 1 fully saturated rings. The molecule has 0 spiro atoms. The summed E-state index contributed by atoms with van der Waals surface area (Å²) in [5.41, 5.74) is 1.91. The lowest BCUT2D eigenvalue weighted by molar-refractivity contribution is -0.0978. The molecule has 19 heavy (non-hydrogen) atoms. The molecule has 2 aromatic rings. The van der Waals surface area contributed by atoms with Gasteiger partial charge in [0.15, 0.2) is 0 Å². The zero-order valence-corrected chi connectivity index (χ0v) is 11.3. The molecule has 0 saturated carbocycles. The molecule has 1 amide bonds. The van der Waals surface area contributed by atoms with Crippen molar-refractivity contribution in [2.45, 2.75) is 6.92 Å². The van der Waals surface area contributed by atoms with Gasteiger partial charge in [-0.1, -0.05) is 25.1 Å². The van der Waals surface area contributed by atoms with E-state index in [0.717, 1.165) is 29.7 Å². The second kappa shape index (κ2) is 4.38. The number of aromatic nitrogens is 1. The van der Waals surface area contributed by atoms with E-state index < -0.39 is 0 Å². The quantitative estimate of drug-likeness (QED) is 0.914. The molecular formula is C15H18N2O2. The summed E-state index contributed by atoms with van der Waals surface area (Å²) >= 11 is 0. The predicted molar refractivity (Wildman–Crippen MR) is 74.2 cm³/mol. The van der Waals surface area contributed by atoms with Crippen LogP contribution < -0.4 is 5.32 Å². The number of ether oxygens (including phenoxy) is 1. The number of aryl methyl sites for hydroxylation is 1. The van der Waals surface area contributed by atoms with Crippen LogP contribution in [0, 0.1) is 5.41 Å². The third-order valence-corrected chi connectivity index (χ3v) is 3.72. The number of para-hydroxylation sites is 1. The minimum atomic E-state index is -0.00933. The average Bonchev–Trinajstić information content (AvgIpc) is 2.72. The molecule has 0 aliphatic carbocycles. The van der Waals surface area contributed by atoms with Crippen molar-refractivity contribution in [3.8, 4) is 0 Å². The Morgan fingerprint density at radius 2 is 2.16 bits per heavy atom. The standard InChI is InChI=1S/C15H18N2O2/c1-15(9-19-10-15)8-16-14(18)12-7-17(2)13-6-4-3-5-11(12)13/h3-7H,8-10H2,1-2H3,(H,16,18). The van der Waals surface area contributed by atoms with Gasteiger partial charge in [-0.05, 0) is 6.07 Å². The van der Waals surface area contributed by atoms with E-state index in [1.54, 1.807) is 0 Å². The molecule has 1 aliphatic rings. The van der Waals surface area contributed by atoms with E-state index >= 15 is 0 Å². The van der Waals surface area contributed by atoms with Crippen molar-refractivity contribution in [2.24, 2.45) is 12.5 Å². The van der Waals surface area contributed by atoms with Crippen LogP contribution in [0.25, 0.3) is 10.9 Å². The molecule has 0 unspecified atom stereocenters. The van der Waals surface area contributed by atoms with Gasteiger partial charge in [-0.15, -0.1) is 0 Å². The molecule has 4 nitrogen and oxygen atoms in total. The van der Waals surface area contributed by atoms with Crippen molar-refractivity contribution in [2.75, 3.05) is 19.8 Å². The minimum absolute atomic E-state index is 0.00933. The molecule has 2 heterocycles. The zero-order valence-electron chi connectivity index (χ0n) is 11.3. The summed E-state index contributed by atoms with van der Waals surface area (Å²) in [6.07, 6.45) is 1.89. The number of benzene rings is 1. The van der Waals surface area contributed by atoms with Crippen molar-refractivity contribution in [3.63, 3.8) is 0 Å². The Balaban J connectivity index is 1.81. The van der Waals surface area contributed by atoms with Crippen LogP contribution >= 0.6 is 0 Å². The lowest BCUT2D eigenvalue weighted by Gasteiger charge is -2.37. The van der Waals surface area contributed by atoms with Crippen LogP contribution in [0.3, 0.4) is 0 Å². The molecule has 3 rings (SSSR count). The highest BCUT2D eigenvalue weighted by molar-refractivity contribution is 6.06. The van der Waals surface area contributed by atoms with Crippen LogP contribution in [0.5, 0.6) is 0 Å². The summed E-state index contributed by atoms with van der Waals surface area (Å²) in [6, 6.07) is 7.95. The van der Waals surface area contributed by atoms with Gasteiger partial charge in [0.1, 0.15) is 0 Å². The van der Waals surface area contributed by atoms with Gasteiger partial charge in [-0.2, -0.15) is 0 Å². The average molecular weight is 258 g/mol. The summed E-state index contributed by atoms with van der Waals surface area (Å²) < 4.78 is 7.18. The van der Waals surface area contributed by atoms with E-state index in [2.05, 4.69) is 12.2 Å². The van der Waals surface area contributed by atoms with Crippen LogP contribution in [0.1, 0.15) is 17.3 Å². The summed E-state index contributed by atoms with van der Waals surface area (Å²) in [5, 5.41) is 4.01. The Hall–Kier alpha value is -1.81. The minimum Gasteiger partial charge on any atom is -0.380 e. The van der Waals surface area contributed by atoms with Crippen LogP contribution in [0.4, 0.5) is 0 Å². The van der Waals surface area contributed by atoms with Gasteiger partial charge in [0.05, 0.1) is 18.8 Å². The zero-order chi connectivity index (χ0) is 13.5. The maximum atomic E-state index is 12.3. The third-order valence-electron chi connectivity index (χ3n) is 3.72. The Kier molecular flexibility index (Phi) is 2.82. The molecule has 0 radical (unpaired) electrons. The summed E-state index contributed by atoms with van der Waals surface area (Å²) in [5.74, 6) is -0.00933. The maximum absolute atomic E-state index is 12.3. The highest BCUT2D eigenvalue weighted by atomic mass is 16.5. The topological polar surface area (TPSA) is 43.3 Å². The number of hydrogen-bond acceptors (Lipinski definition) is 2. The van der Waals surface area contributed by atoms with E-state index in [1.165, 1.54) is 0 Å². The highest BCUT2D eigenvalue weighted by Gasteiger charge is 2.33. The van der Waals surface area contributed by atoms with Crippen LogP contribution in [0.15, 0.2) is 30.5 Å². The van der Waals surface area contributed by atoms with Gasteiger partial charge >= 0.3 is 0 Å². The predicted octanol–water partition coefficient (Wildman–Crippen LogP) is 1.94. The first kappa shape index (κ1) is 12.2. The fourth-order valence-electron chi connectivity index (χ4n) is 2.46. The van der Waals surface area contributed by atoms with Crippen LogP contribution in [-0.2, 0) is 11.8 Å². The molecule has 100 valence electrons. The molecule has 4 heteroatoms. The van der Waals surface area contributed by atoms with E-state index in [9.17, 15) is 4.79 Å². The fraction of sp³-hybridized carbons (Fsp3) is 0.400. The summed E-state index contributed by atoms with van der Waals surface area (Å²) in [6.45, 7) is 4.24. The van der Waals surface area contributed by atoms with Gasteiger partial charge in [0.2, 0.25) is 0 Å². The second-order valence-corrected chi connectivity index (χ2v) is 5.66. The fourth-order valence-corrected chi connectivity index (χ4v) is 2.46. The number of nitrogens with one attached hydrogen (secondary N) is 1.